The minimum atomic E-state index is -0.213. The summed E-state index contributed by atoms with van der Waals surface area (Å²) in [6, 6.07) is 18.8. The van der Waals surface area contributed by atoms with E-state index in [-0.39, 0.29) is 5.91 Å². The van der Waals surface area contributed by atoms with Crippen LogP contribution in [0.5, 0.6) is 11.5 Å². The van der Waals surface area contributed by atoms with Crippen molar-refractivity contribution in [1.82, 2.24) is 14.9 Å². The molecule has 32 heavy (non-hydrogen) atoms. The third-order valence-corrected chi connectivity index (χ3v) is 5.26. The van der Waals surface area contributed by atoms with E-state index in [1.165, 1.54) is 0 Å². The van der Waals surface area contributed by atoms with Gasteiger partial charge in [-0.25, -0.2) is 0 Å². The van der Waals surface area contributed by atoms with Crippen LogP contribution in [0.4, 0.5) is 0 Å². The van der Waals surface area contributed by atoms with Crippen molar-refractivity contribution in [2.24, 2.45) is 0 Å². The molecule has 1 N–H and O–H groups in total. The van der Waals surface area contributed by atoms with E-state index in [1.54, 1.807) is 32.7 Å². The summed E-state index contributed by atoms with van der Waals surface area (Å²) < 4.78 is 13.0. The van der Waals surface area contributed by atoms with Gasteiger partial charge in [-0.3, -0.25) is 9.78 Å². The number of nitrogens with one attached hydrogen (secondary N) is 1. The van der Waals surface area contributed by atoms with E-state index in [4.69, 9.17) is 9.47 Å². The Labute approximate surface area is 185 Å². The maximum absolute atomic E-state index is 13.2. The lowest BCUT2D eigenvalue weighted by Gasteiger charge is -2.13. The van der Waals surface area contributed by atoms with Crippen LogP contribution >= 0.6 is 0 Å². The highest BCUT2D eigenvalue weighted by Gasteiger charge is 2.20. The Morgan fingerprint density at radius 3 is 2.59 bits per heavy atom. The van der Waals surface area contributed by atoms with Gasteiger partial charge in [-0.05, 0) is 53.6 Å². The molecule has 0 saturated heterocycles. The van der Waals surface area contributed by atoms with E-state index < -0.39 is 0 Å². The lowest BCUT2D eigenvalue weighted by atomic mass is 10.1. The highest BCUT2D eigenvalue weighted by Crippen LogP contribution is 2.37. The number of benzene rings is 2. The van der Waals surface area contributed by atoms with Crippen molar-refractivity contribution in [3.63, 3.8) is 0 Å². The summed E-state index contributed by atoms with van der Waals surface area (Å²) in [6.45, 7) is 0.805. The predicted octanol–water partition coefficient (Wildman–Crippen LogP) is 3.90. The normalized spacial score (nSPS) is 10.5. The monoisotopic (exact) mass is 426 g/mol. The van der Waals surface area contributed by atoms with E-state index in [0.29, 0.717) is 35.8 Å². The molecule has 0 saturated carbocycles. The number of hydrogen-bond acceptors (Lipinski definition) is 5. The second-order valence-corrected chi connectivity index (χ2v) is 7.20. The van der Waals surface area contributed by atoms with Crippen LogP contribution < -0.4 is 14.8 Å². The topological polar surface area (TPSA) is 89.2 Å². The molecular formula is C25H22N4O3. The quantitative estimate of drug-likeness (QED) is 0.484. The van der Waals surface area contributed by atoms with Crippen LogP contribution in [-0.4, -0.2) is 29.7 Å². The molecule has 1 amide bonds. The van der Waals surface area contributed by atoms with Crippen molar-refractivity contribution < 1.29 is 14.3 Å². The van der Waals surface area contributed by atoms with Crippen molar-refractivity contribution >= 4 is 16.8 Å². The summed E-state index contributed by atoms with van der Waals surface area (Å²) in [4.78, 5) is 17.2. The molecule has 7 nitrogen and oxygen atoms in total. The van der Waals surface area contributed by atoms with Crippen molar-refractivity contribution in [2.75, 3.05) is 14.2 Å². The highest BCUT2D eigenvalue weighted by atomic mass is 16.5. The first-order chi connectivity index (χ1) is 15.6. The minimum absolute atomic E-state index is 0.213. The van der Waals surface area contributed by atoms with E-state index in [0.717, 1.165) is 22.0 Å². The molecule has 4 aromatic rings. The second kappa shape index (κ2) is 9.23. The molecule has 4 rings (SSSR count). The Balaban J connectivity index is 1.77. The number of carbonyl (C=O) groups excluding carboxylic acids is 1. The SMILES string of the molecule is COc1ccc2c(cc(C(=O)NCc3ccncc3)n2Cc2cccc(C#N)c2)c1OC. The van der Waals surface area contributed by atoms with Crippen molar-refractivity contribution in [3.8, 4) is 17.6 Å². The van der Waals surface area contributed by atoms with Crippen molar-refractivity contribution in [3.05, 3.63) is 89.4 Å². The molecule has 2 aromatic heterocycles. The summed E-state index contributed by atoms with van der Waals surface area (Å²) in [5.74, 6) is 0.945. The largest absolute Gasteiger partial charge is 0.493 e. The van der Waals surface area contributed by atoms with E-state index in [2.05, 4.69) is 16.4 Å². The van der Waals surface area contributed by atoms with Gasteiger partial charge < -0.3 is 19.4 Å². The second-order valence-electron chi connectivity index (χ2n) is 7.20. The average molecular weight is 426 g/mol. The number of aromatic nitrogens is 2. The van der Waals surface area contributed by atoms with Crippen molar-refractivity contribution in [1.29, 1.82) is 5.26 Å². The number of ether oxygens (including phenoxy) is 2. The maximum Gasteiger partial charge on any atom is 0.268 e. The molecule has 2 aromatic carbocycles. The van der Waals surface area contributed by atoms with Crippen LogP contribution in [0.25, 0.3) is 10.9 Å². The number of rotatable bonds is 7. The number of nitrogens with zero attached hydrogens (tertiary/aromatic N) is 3. The smallest absolute Gasteiger partial charge is 0.268 e. The predicted molar refractivity (Wildman–Crippen MR) is 121 cm³/mol. The molecule has 0 aliphatic carbocycles. The fourth-order valence-corrected chi connectivity index (χ4v) is 3.71. The van der Waals surface area contributed by atoms with Gasteiger partial charge in [-0.15, -0.1) is 0 Å². The number of fused-ring (bicyclic) bond motifs is 1. The van der Waals surface area contributed by atoms with Gasteiger partial charge in [0.15, 0.2) is 11.5 Å². The maximum atomic E-state index is 13.2. The molecule has 160 valence electrons. The van der Waals surface area contributed by atoms with E-state index in [9.17, 15) is 10.1 Å². The fraction of sp³-hybridized carbons (Fsp3) is 0.160. The van der Waals surface area contributed by atoms with Crippen LogP contribution in [0, 0.1) is 11.3 Å². The van der Waals surface area contributed by atoms with Gasteiger partial charge in [-0.2, -0.15) is 5.26 Å². The molecule has 0 aliphatic rings. The number of methoxy groups -OCH3 is 2. The third kappa shape index (κ3) is 4.12. The summed E-state index contributed by atoms with van der Waals surface area (Å²) >= 11 is 0. The number of carbonyl (C=O) groups is 1. The average Bonchev–Trinajstić information content (AvgIpc) is 3.21. The van der Waals surface area contributed by atoms with Crippen LogP contribution in [0.2, 0.25) is 0 Å². The standard InChI is InChI=1S/C25H22N4O3/c1-31-23-7-6-21-20(24(23)32-2)13-22(25(30)28-15-17-8-10-27-11-9-17)29(21)16-19-5-3-4-18(12-19)14-26/h3-13H,15-16H2,1-2H3,(H,28,30). The Hall–Kier alpha value is -4.31. The van der Waals surface area contributed by atoms with Crippen LogP contribution in [0.1, 0.15) is 27.2 Å². The summed E-state index contributed by atoms with van der Waals surface area (Å²) in [5, 5.41) is 13.0. The first-order valence-corrected chi connectivity index (χ1v) is 10.0. The first-order valence-electron chi connectivity index (χ1n) is 10.0. The third-order valence-electron chi connectivity index (χ3n) is 5.26. The summed E-state index contributed by atoms with van der Waals surface area (Å²) in [6.07, 6.45) is 3.38. The zero-order chi connectivity index (χ0) is 22.5. The zero-order valence-electron chi connectivity index (χ0n) is 17.8. The van der Waals surface area contributed by atoms with E-state index in [1.807, 2.05) is 53.1 Å². The molecule has 0 bridgehead atoms. The molecular weight excluding hydrogens is 404 g/mol. The van der Waals surface area contributed by atoms with Gasteiger partial charge in [0.2, 0.25) is 0 Å². The fourth-order valence-electron chi connectivity index (χ4n) is 3.71. The minimum Gasteiger partial charge on any atom is -0.493 e. The highest BCUT2D eigenvalue weighted by molar-refractivity contribution is 6.01. The summed E-state index contributed by atoms with van der Waals surface area (Å²) in [7, 11) is 3.16. The molecule has 0 unspecified atom stereocenters. The molecule has 7 heteroatoms. The number of pyridine rings is 1. The van der Waals surface area contributed by atoms with Crippen LogP contribution in [-0.2, 0) is 13.1 Å². The molecule has 0 aliphatic heterocycles. The number of nitriles is 1. The summed E-state index contributed by atoms with van der Waals surface area (Å²) in [5.41, 5.74) is 3.76. The van der Waals surface area contributed by atoms with Gasteiger partial charge in [0.25, 0.3) is 5.91 Å². The number of amides is 1. The Kier molecular flexibility index (Phi) is 6.04. The first kappa shape index (κ1) is 20.9. The zero-order valence-corrected chi connectivity index (χ0v) is 17.8. The lowest BCUT2D eigenvalue weighted by Crippen LogP contribution is -2.25. The Bertz CT molecular complexity index is 1310. The Morgan fingerprint density at radius 1 is 1.06 bits per heavy atom. The van der Waals surface area contributed by atoms with Crippen molar-refractivity contribution in [2.45, 2.75) is 13.1 Å². The lowest BCUT2D eigenvalue weighted by molar-refractivity contribution is 0.0942. The molecule has 0 fully saturated rings. The van der Waals surface area contributed by atoms with Gasteiger partial charge >= 0.3 is 0 Å². The van der Waals surface area contributed by atoms with Crippen LogP contribution in [0.3, 0.4) is 0 Å². The van der Waals surface area contributed by atoms with Crippen LogP contribution in [0.15, 0.2) is 67.0 Å². The van der Waals surface area contributed by atoms with E-state index >= 15 is 0 Å². The number of hydrogen-bond donors (Lipinski definition) is 1. The molecule has 2 heterocycles. The molecule has 0 spiro atoms. The molecule has 0 radical (unpaired) electrons. The van der Waals surface area contributed by atoms with Gasteiger partial charge in [0.05, 0.1) is 31.4 Å². The van der Waals surface area contributed by atoms with Gasteiger partial charge in [-0.1, -0.05) is 12.1 Å². The Morgan fingerprint density at radius 2 is 1.88 bits per heavy atom. The van der Waals surface area contributed by atoms with Gasteiger partial charge in [0, 0.05) is 30.9 Å². The molecule has 0 atom stereocenters. The van der Waals surface area contributed by atoms with Gasteiger partial charge in [0.1, 0.15) is 5.69 Å².